The maximum atomic E-state index is 12.6. The molecule has 1 saturated heterocycles. The first-order chi connectivity index (χ1) is 16.5. The predicted molar refractivity (Wildman–Crippen MR) is 135 cm³/mol. The summed E-state index contributed by atoms with van der Waals surface area (Å²) in [5.74, 6) is -0.176. The van der Waals surface area contributed by atoms with Gasteiger partial charge in [0.2, 0.25) is 11.8 Å². The van der Waals surface area contributed by atoms with Gasteiger partial charge in [-0.1, -0.05) is 30.0 Å². The van der Waals surface area contributed by atoms with E-state index in [4.69, 9.17) is 4.74 Å². The van der Waals surface area contributed by atoms with Crippen molar-refractivity contribution >= 4 is 35.0 Å². The number of nitrogens with one attached hydrogen (secondary N) is 1. The summed E-state index contributed by atoms with van der Waals surface area (Å²) in [6, 6.07) is 15.8. The number of hydrogen-bond acceptors (Lipinski definition) is 6. The number of aromatic nitrogens is 2. The number of hydrogen-bond donors (Lipinski definition) is 1. The van der Waals surface area contributed by atoms with Crippen molar-refractivity contribution in [2.75, 3.05) is 55.9 Å². The van der Waals surface area contributed by atoms with Crippen LogP contribution < -0.4 is 10.2 Å². The van der Waals surface area contributed by atoms with E-state index in [2.05, 4.69) is 15.2 Å². The van der Waals surface area contributed by atoms with Crippen molar-refractivity contribution in [1.82, 2.24) is 14.5 Å². The van der Waals surface area contributed by atoms with Crippen LogP contribution in [0.2, 0.25) is 0 Å². The summed E-state index contributed by atoms with van der Waals surface area (Å²) in [5, 5.41) is 3.60. The second kappa shape index (κ2) is 11.2. The fourth-order valence-electron chi connectivity index (χ4n) is 3.73. The highest BCUT2D eigenvalue weighted by Crippen LogP contribution is 2.23. The summed E-state index contributed by atoms with van der Waals surface area (Å²) in [6.07, 6.45) is 3.61. The molecule has 3 aromatic rings. The summed E-state index contributed by atoms with van der Waals surface area (Å²) < 4.78 is 7.36. The molecule has 4 rings (SSSR count). The minimum atomic E-state index is -0.235. The van der Waals surface area contributed by atoms with Crippen LogP contribution in [0.5, 0.6) is 0 Å². The summed E-state index contributed by atoms with van der Waals surface area (Å²) in [6.45, 7) is 5.20. The second-order valence-electron chi connectivity index (χ2n) is 8.10. The Morgan fingerprint density at radius 3 is 2.59 bits per heavy atom. The molecule has 2 amide bonds. The lowest BCUT2D eigenvalue weighted by atomic mass is 10.2. The number of carbonyl (C=O) groups excluding carboxylic acids is 2. The monoisotopic (exact) mass is 479 g/mol. The smallest absolute Gasteiger partial charge is 0.243 e. The molecule has 1 fully saturated rings. The number of nitrogens with zero attached hydrogens (tertiary/aromatic N) is 4. The molecule has 2 heterocycles. The molecule has 0 unspecified atom stereocenters. The van der Waals surface area contributed by atoms with Crippen molar-refractivity contribution < 1.29 is 14.3 Å². The van der Waals surface area contributed by atoms with Crippen molar-refractivity contribution in [1.29, 1.82) is 0 Å². The van der Waals surface area contributed by atoms with Gasteiger partial charge < -0.3 is 19.9 Å². The maximum Gasteiger partial charge on any atom is 0.243 e. The Morgan fingerprint density at radius 2 is 1.85 bits per heavy atom. The summed E-state index contributed by atoms with van der Waals surface area (Å²) >= 11 is 1.36. The average Bonchev–Trinajstić information content (AvgIpc) is 3.32. The Hall–Kier alpha value is -3.30. The molecular formula is C25H29N5O3S. The van der Waals surface area contributed by atoms with Crippen molar-refractivity contribution in [3.8, 4) is 5.69 Å². The number of imidazole rings is 1. The molecule has 0 radical (unpaired) electrons. The van der Waals surface area contributed by atoms with Gasteiger partial charge in [0.25, 0.3) is 0 Å². The number of amides is 2. The molecule has 34 heavy (non-hydrogen) atoms. The minimum Gasteiger partial charge on any atom is -0.378 e. The van der Waals surface area contributed by atoms with Gasteiger partial charge >= 0.3 is 0 Å². The maximum absolute atomic E-state index is 12.6. The molecule has 1 aromatic heterocycles. The molecule has 0 atom stereocenters. The van der Waals surface area contributed by atoms with Gasteiger partial charge in [-0.2, -0.15) is 0 Å². The number of rotatable bonds is 8. The van der Waals surface area contributed by atoms with Gasteiger partial charge in [-0.25, -0.2) is 4.98 Å². The number of thioether (sulfide) groups is 1. The predicted octanol–water partition coefficient (Wildman–Crippen LogP) is 3.21. The van der Waals surface area contributed by atoms with E-state index in [-0.39, 0.29) is 24.1 Å². The Morgan fingerprint density at radius 1 is 1.12 bits per heavy atom. The molecule has 0 bridgehead atoms. The van der Waals surface area contributed by atoms with E-state index in [9.17, 15) is 9.59 Å². The average molecular weight is 480 g/mol. The van der Waals surface area contributed by atoms with Gasteiger partial charge in [0, 0.05) is 43.9 Å². The fraction of sp³-hybridized carbons (Fsp3) is 0.320. The third-order valence-corrected chi connectivity index (χ3v) is 6.59. The Kier molecular flexibility index (Phi) is 7.87. The van der Waals surface area contributed by atoms with E-state index in [1.807, 2.05) is 66.2 Å². The highest BCUT2D eigenvalue weighted by Gasteiger charge is 2.16. The zero-order valence-electron chi connectivity index (χ0n) is 19.4. The van der Waals surface area contributed by atoms with Crippen molar-refractivity contribution in [3.05, 3.63) is 66.5 Å². The highest BCUT2D eigenvalue weighted by molar-refractivity contribution is 7.99. The quantitative estimate of drug-likeness (QED) is 0.500. The van der Waals surface area contributed by atoms with E-state index in [1.165, 1.54) is 16.7 Å². The third kappa shape index (κ3) is 5.98. The number of carbonyl (C=O) groups is 2. The molecule has 0 saturated carbocycles. The number of benzene rings is 2. The SMILES string of the molecule is Cc1ccccc1-n1ccnc1SCC(=O)N(C)CC(=O)Nc1ccc(N2CCOCC2)cc1. The van der Waals surface area contributed by atoms with Gasteiger partial charge in [-0.15, -0.1) is 0 Å². The van der Waals surface area contributed by atoms with Gasteiger partial charge in [0.05, 0.1) is 31.2 Å². The minimum absolute atomic E-state index is 0.0170. The lowest BCUT2D eigenvalue weighted by molar-refractivity contribution is -0.131. The topological polar surface area (TPSA) is 79.7 Å². The molecule has 1 aliphatic heterocycles. The van der Waals surface area contributed by atoms with Crippen LogP contribution in [0.25, 0.3) is 5.69 Å². The normalized spacial score (nSPS) is 13.5. The van der Waals surface area contributed by atoms with Crippen LogP contribution >= 0.6 is 11.8 Å². The van der Waals surface area contributed by atoms with E-state index in [0.717, 1.165) is 48.4 Å². The van der Waals surface area contributed by atoms with Crippen molar-refractivity contribution in [3.63, 3.8) is 0 Å². The first-order valence-electron chi connectivity index (χ1n) is 11.2. The summed E-state index contributed by atoms with van der Waals surface area (Å²) in [5.41, 5.74) is 3.97. The lowest BCUT2D eigenvalue weighted by Crippen LogP contribution is -2.36. The molecule has 2 aromatic carbocycles. The van der Waals surface area contributed by atoms with Crippen molar-refractivity contribution in [2.45, 2.75) is 12.1 Å². The van der Waals surface area contributed by atoms with Crippen LogP contribution in [0.3, 0.4) is 0 Å². The zero-order valence-corrected chi connectivity index (χ0v) is 20.3. The molecule has 1 N–H and O–H groups in total. The van der Waals surface area contributed by atoms with Crippen LogP contribution in [0, 0.1) is 6.92 Å². The van der Waals surface area contributed by atoms with E-state index in [0.29, 0.717) is 5.69 Å². The Balaban J connectivity index is 1.27. The Labute approximate surface area is 203 Å². The lowest BCUT2D eigenvalue weighted by Gasteiger charge is -2.28. The molecule has 8 nitrogen and oxygen atoms in total. The standard InChI is InChI=1S/C25H29N5O3S/c1-19-5-3-4-6-22(19)30-12-11-26-25(30)34-18-24(32)28(2)17-23(31)27-20-7-9-21(10-8-20)29-13-15-33-16-14-29/h3-12H,13-18H2,1-2H3,(H,27,31). The molecule has 0 aliphatic carbocycles. The molecular weight excluding hydrogens is 450 g/mol. The first-order valence-corrected chi connectivity index (χ1v) is 12.2. The van der Waals surface area contributed by atoms with Crippen LogP contribution in [0.15, 0.2) is 66.1 Å². The van der Waals surface area contributed by atoms with Crippen LogP contribution in [-0.4, -0.2) is 71.9 Å². The van der Waals surface area contributed by atoms with Gasteiger partial charge in [-0.3, -0.25) is 14.2 Å². The van der Waals surface area contributed by atoms with Gasteiger partial charge in [0.1, 0.15) is 0 Å². The number of morpholine rings is 1. The van der Waals surface area contributed by atoms with Crippen LogP contribution in [-0.2, 0) is 14.3 Å². The summed E-state index contributed by atoms with van der Waals surface area (Å²) in [4.78, 5) is 33.2. The van der Waals surface area contributed by atoms with Crippen LogP contribution in [0.4, 0.5) is 11.4 Å². The molecule has 1 aliphatic rings. The Bertz CT molecular complexity index is 1130. The third-order valence-electron chi connectivity index (χ3n) is 5.64. The zero-order chi connectivity index (χ0) is 23.9. The number of likely N-dealkylation sites (N-methyl/N-ethyl adjacent to an activating group) is 1. The largest absolute Gasteiger partial charge is 0.378 e. The summed E-state index contributed by atoms with van der Waals surface area (Å²) in [7, 11) is 1.64. The molecule has 0 spiro atoms. The van der Waals surface area contributed by atoms with E-state index >= 15 is 0 Å². The van der Waals surface area contributed by atoms with Crippen LogP contribution in [0.1, 0.15) is 5.56 Å². The van der Waals surface area contributed by atoms with E-state index < -0.39 is 0 Å². The number of ether oxygens (including phenoxy) is 1. The van der Waals surface area contributed by atoms with Gasteiger partial charge in [-0.05, 0) is 42.8 Å². The number of para-hydroxylation sites is 1. The first kappa shape index (κ1) is 23.8. The number of anilines is 2. The second-order valence-corrected chi connectivity index (χ2v) is 9.04. The van der Waals surface area contributed by atoms with Crippen molar-refractivity contribution in [2.24, 2.45) is 0 Å². The molecule has 178 valence electrons. The molecule has 9 heteroatoms. The number of aryl methyl sites for hydroxylation is 1. The fourth-order valence-corrected chi connectivity index (χ4v) is 4.64. The highest BCUT2D eigenvalue weighted by atomic mass is 32.2. The van der Waals surface area contributed by atoms with Gasteiger partial charge in [0.15, 0.2) is 5.16 Å². The van der Waals surface area contributed by atoms with E-state index in [1.54, 1.807) is 13.2 Å².